The molecule has 0 aliphatic carbocycles. The van der Waals surface area contributed by atoms with E-state index in [4.69, 9.17) is 0 Å². The van der Waals surface area contributed by atoms with E-state index in [2.05, 4.69) is 27.0 Å². The number of hydrogen-bond acceptors (Lipinski definition) is 2. The highest BCUT2D eigenvalue weighted by Gasteiger charge is 2.24. The normalized spacial score (nSPS) is 13.3. The van der Waals surface area contributed by atoms with Crippen molar-refractivity contribution in [3.8, 4) is 0 Å². The van der Waals surface area contributed by atoms with Gasteiger partial charge in [-0.2, -0.15) is 0 Å². The number of aryl methyl sites for hydroxylation is 1. The Bertz CT molecular complexity index is 628. The highest BCUT2D eigenvalue weighted by Crippen LogP contribution is 2.31. The molecule has 0 saturated heterocycles. The number of benzene rings is 1. The fourth-order valence-electron chi connectivity index (χ4n) is 2.54. The second-order valence-corrected chi connectivity index (χ2v) is 5.85. The van der Waals surface area contributed by atoms with Gasteiger partial charge < -0.3 is 4.90 Å². The van der Waals surface area contributed by atoms with E-state index in [1.807, 2.05) is 35.4 Å². The monoisotopic (exact) mass is 330 g/mol. The summed E-state index contributed by atoms with van der Waals surface area (Å²) < 4.78 is 1.02. The van der Waals surface area contributed by atoms with Gasteiger partial charge in [0.05, 0.1) is 0 Å². The molecule has 1 aromatic carbocycles. The molecule has 0 radical (unpaired) electrons. The number of carbonyl (C=O) groups is 1. The minimum atomic E-state index is 0.186. The van der Waals surface area contributed by atoms with Gasteiger partial charge in [0.2, 0.25) is 5.91 Å². The number of fused-ring (bicyclic) bond motifs is 1. The predicted molar refractivity (Wildman–Crippen MR) is 82.8 cm³/mol. The van der Waals surface area contributed by atoms with Crippen molar-refractivity contribution >= 4 is 27.5 Å². The molecule has 1 aliphatic rings. The SMILES string of the molecule is O=C(CCc1cccnc1)N1CCc2ccc(Br)cc21. The van der Waals surface area contributed by atoms with Crippen LogP contribution >= 0.6 is 15.9 Å². The Morgan fingerprint density at radius 2 is 2.25 bits per heavy atom. The van der Waals surface area contributed by atoms with Crippen LogP contribution in [-0.2, 0) is 17.6 Å². The molecule has 1 amide bonds. The Hall–Kier alpha value is -1.68. The summed E-state index contributed by atoms with van der Waals surface area (Å²) in [6.45, 7) is 0.789. The lowest BCUT2D eigenvalue weighted by molar-refractivity contribution is -0.118. The molecule has 1 aromatic heterocycles. The fourth-order valence-corrected chi connectivity index (χ4v) is 2.89. The molecule has 3 rings (SSSR count). The van der Waals surface area contributed by atoms with Gasteiger partial charge in [-0.3, -0.25) is 9.78 Å². The zero-order chi connectivity index (χ0) is 13.9. The molecule has 102 valence electrons. The number of rotatable bonds is 3. The third-order valence-electron chi connectivity index (χ3n) is 3.59. The van der Waals surface area contributed by atoms with E-state index in [0.717, 1.165) is 35.1 Å². The van der Waals surface area contributed by atoms with Gasteiger partial charge in [0, 0.05) is 35.5 Å². The van der Waals surface area contributed by atoms with Crippen LogP contribution in [0, 0.1) is 0 Å². The zero-order valence-corrected chi connectivity index (χ0v) is 12.6. The first-order valence-corrected chi connectivity index (χ1v) is 7.51. The summed E-state index contributed by atoms with van der Waals surface area (Å²) >= 11 is 3.47. The molecule has 0 spiro atoms. The van der Waals surface area contributed by atoms with Crippen LogP contribution in [0.5, 0.6) is 0 Å². The van der Waals surface area contributed by atoms with E-state index in [9.17, 15) is 4.79 Å². The van der Waals surface area contributed by atoms with E-state index < -0.39 is 0 Å². The standard InChI is InChI=1S/C16H15BrN2O/c17-14-5-4-13-7-9-19(15(13)10-14)16(20)6-3-12-2-1-8-18-11-12/h1-2,4-5,8,10-11H,3,6-7,9H2. The Morgan fingerprint density at radius 3 is 3.05 bits per heavy atom. The van der Waals surface area contributed by atoms with Crippen molar-refractivity contribution in [2.75, 3.05) is 11.4 Å². The van der Waals surface area contributed by atoms with Crippen molar-refractivity contribution in [1.29, 1.82) is 0 Å². The highest BCUT2D eigenvalue weighted by molar-refractivity contribution is 9.10. The first-order valence-electron chi connectivity index (χ1n) is 6.72. The number of amides is 1. The van der Waals surface area contributed by atoms with E-state index in [1.54, 1.807) is 6.20 Å². The third-order valence-corrected chi connectivity index (χ3v) is 4.09. The van der Waals surface area contributed by atoms with Crippen LogP contribution in [0.3, 0.4) is 0 Å². The lowest BCUT2D eigenvalue weighted by atomic mass is 10.1. The van der Waals surface area contributed by atoms with Gasteiger partial charge in [-0.1, -0.05) is 28.1 Å². The number of halogens is 1. The average molecular weight is 331 g/mol. The first kappa shape index (κ1) is 13.3. The van der Waals surface area contributed by atoms with Gasteiger partial charge in [-0.25, -0.2) is 0 Å². The number of pyridine rings is 1. The highest BCUT2D eigenvalue weighted by atomic mass is 79.9. The molecule has 0 bridgehead atoms. The molecular formula is C16H15BrN2O. The van der Waals surface area contributed by atoms with Crippen LogP contribution in [-0.4, -0.2) is 17.4 Å². The van der Waals surface area contributed by atoms with Crippen LogP contribution in [0.15, 0.2) is 47.2 Å². The quantitative estimate of drug-likeness (QED) is 0.864. The van der Waals surface area contributed by atoms with Crippen molar-refractivity contribution in [1.82, 2.24) is 4.98 Å². The van der Waals surface area contributed by atoms with E-state index in [1.165, 1.54) is 5.56 Å². The Balaban J connectivity index is 1.69. The molecule has 2 heterocycles. The van der Waals surface area contributed by atoms with Crippen LogP contribution in [0.25, 0.3) is 0 Å². The number of aromatic nitrogens is 1. The maximum absolute atomic E-state index is 12.4. The Morgan fingerprint density at radius 1 is 1.35 bits per heavy atom. The van der Waals surface area contributed by atoms with E-state index >= 15 is 0 Å². The van der Waals surface area contributed by atoms with Crippen molar-refractivity contribution in [2.24, 2.45) is 0 Å². The lowest BCUT2D eigenvalue weighted by Crippen LogP contribution is -2.29. The summed E-state index contributed by atoms with van der Waals surface area (Å²) in [4.78, 5) is 18.4. The van der Waals surface area contributed by atoms with Gasteiger partial charge in [0.15, 0.2) is 0 Å². The van der Waals surface area contributed by atoms with Crippen molar-refractivity contribution in [3.05, 3.63) is 58.3 Å². The number of hydrogen-bond donors (Lipinski definition) is 0. The molecular weight excluding hydrogens is 316 g/mol. The molecule has 3 nitrogen and oxygen atoms in total. The van der Waals surface area contributed by atoms with Crippen LogP contribution < -0.4 is 4.90 Å². The van der Waals surface area contributed by atoms with E-state index in [-0.39, 0.29) is 5.91 Å². The summed E-state index contributed by atoms with van der Waals surface area (Å²) in [7, 11) is 0. The summed E-state index contributed by atoms with van der Waals surface area (Å²) in [5.74, 6) is 0.186. The van der Waals surface area contributed by atoms with Gasteiger partial charge >= 0.3 is 0 Å². The molecule has 1 aliphatic heterocycles. The van der Waals surface area contributed by atoms with Gasteiger partial charge in [0.1, 0.15) is 0 Å². The molecule has 0 unspecified atom stereocenters. The lowest BCUT2D eigenvalue weighted by Gasteiger charge is -2.17. The fraction of sp³-hybridized carbons (Fsp3) is 0.250. The molecule has 2 aromatic rings. The maximum Gasteiger partial charge on any atom is 0.227 e. The molecule has 20 heavy (non-hydrogen) atoms. The Labute approximate surface area is 126 Å². The summed E-state index contributed by atoms with van der Waals surface area (Å²) in [5, 5.41) is 0. The number of carbonyl (C=O) groups excluding carboxylic acids is 1. The second-order valence-electron chi connectivity index (χ2n) is 4.93. The maximum atomic E-state index is 12.4. The molecule has 0 atom stereocenters. The summed E-state index contributed by atoms with van der Waals surface area (Å²) in [6.07, 6.45) is 5.78. The molecule has 0 N–H and O–H groups in total. The Kier molecular flexibility index (Phi) is 3.83. The number of anilines is 1. The van der Waals surface area contributed by atoms with Crippen LogP contribution in [0.4, 0.5) is 5.69 Å². The van der Waals surface area contributed by atoms with Crippen molar-refractivity contribution in [2.45, 2.75) is 19.3 Å². The first-order chi connectivity index (χ1) is 9.74. The molecule has 4 heteroatoms. The van der Waals surface area contributed by atoms with Crippen molar-refractivity contribution in [3.63, 3.8) is 0 Å². The van der Waals surface area contributed by atoms with Crippen LogP contribution in [0.2, 0.25) is 0 Å². The zero-order valence-electron chi connectivity index (χ0n) is 11.1. The summed E-state index contributed by atoms with van der Waals surface area (Å²) in [6, 6.07) is 10.1. The molecule has 0 fully saturated rings. The largest absolute Gasteiger partial charge is 0.312 e. The number of nitrogens with zero attached hydrogens (tertiary/aromatic N) is 2. The minimum absolute atomic E-state index is 0.186. The third kappa shape index (κ3) is 2.75. The smallest absolute Gasteiger partial charge is 0.227 e. The van der Waals surface area contributed by atoms with Crippen molar-refractivity contribution < 1.29 is 4.79 Å². The average Bonchev–Trinajstić information content (AvgIpc) is 2.89. The second kappa shape index (κ2) is 5.75. The van der Waals surface area contributed by atoms with Gasteiger partial charge in [-0.05, 0) is 42.2 Å². The summed E-state index contributed by atoms with van der Waals surface area (Å²) in [5.41, 5.74) is 3.41. The predicted octanol–water partition coefficient (Wildman–Crippen LogP) is 3.37. The van der Waals surface area contributed by atoms with Gasteiger partial charge in [0.25, 0.3) is 0 Å². The van der Waals surface area contributed by atoms with Crippen LogP contribution in [0.1, 0.15) is 17.5 Å². The van der Waals surface area contributed by atoms with E-state index in [0.29, 0.717) is 6.42 Å². The van der Waals surface area contributed by atoms with Gasteiger partial charge in [-0.15, -0.1) is 0 Å². The topological polar surface area (TPSA) is 33.2 Å². The molecule has 0 saturated carbocycles. The minimum Gasteiger partial charge on any atom is -0.312 e.